The van der Waals surface area contributed by atoms with Crippen LogP contribution in [-0.2, 0) is 0 Å². The first-order chi connectivity index (χ1) is 5.25. The molecular formula is C8H6INSe. The molecule has 0 fully saturated rings. The Bertz CT molecular complexity index is 394. The maximum absolute atomic E-state index is 4.43. The molecule has 11 heavy (non-hydrogen) atoms. The topological polar surface area (TPSA) is 12.9 Å². The van der Waals surface area contributed by atoms with Crippen LogP contribution in [-0.4, -0.2) is 19.5 Å². The average molecular weight is 322 g/mol. The van der Waals surface area contributed by atoms with Crippen LogP contribution in [0.3, 0.4) is 0 Å². The Morgan fingerprint density at radius 3 is 3.09 bits per heavy atom. The normalized spacial score (nSPS) is 10.7. The summed E-state index contributed by atoms with van der Waals surface area (Å²) in [5, 5.41) is 0. The van der Waals surface area contributed by atoms with Crippen molar-refractivity contribution in [3.05, 3.63) is 26.3 Å². The van der Waals surface area contributed by atoms with E-state index in [0.29, 0.717) is 14.5 Å². The van der Waals surface area contributed by atoms with Crippen LogP contribution < -0.4 is 0 Å². The second kappa shape index (κ2) is 2.88. The van der Waals surface area contributed by atoms with E-state index < -0.39 is 0 Å². The third kappa shape index (κ3) is 1.50. The van der Waals surface area contributed by atoms with Gasteiger partial charge in [-0.1, -0.05) is 0 Å². The molecule has 0 saturated carbocycles. The Kier molecular flexibility index (Phi) is 2.04. The number of aromatic nitrogens is 1. The molecular weight excluding hydrogens is 316 g/mol. The average Bonchev–Trinajstić information content (AvgIpc) is 2.27. The summed E-state index contributed by atoms with van der Waals surface area (Å²) in [7, 11) is 0. The van der Waals surface area contributed by atoms with Crippen LogP contribution in [0.25, 0.3) is 9.78 Å². The van der Waals surface area contributed by atoms with Crippen LogP contribution in [0.15, 0.2) is 18.2 Å². The number of benzene rings is 1. The first-order valence-corrected chi connectivity index (χ1v) is 6.07. The van der Waals surface area contributed by atoms with Crippen molar-refractivity contribution >= 4 is 46.9 Å². The van der Waals surface area contributed by atoms with Crippen molar-refractivity contribution in [2.24, 2.45) is 0 Å². The predicted molar refractivity (Wildman–Crippen MR) is 56.1 cm³/mol. The second-order valence-electron chi connectivity index (χ2n) is 2.34. The number of nitrogens with zero attached hydrogens (tertiary/aromatic N) is 1. The molecule has 0 spiro atoms. The van der Waals surface area contributed by atoms with Crippen molar-refractivity contribution < 1.29 is 0 Å². The molecule has 1 aromatic heterocycles. The van der Waals surface area contributed by atoms with Crippen LogP contribution in [0, 0.1) is 10.5 Å². The van der Waals surface area contributed by atoms with Gasteiger partial charge in [0, 0.05) is 0 Å². The third-order valence-electron chi connectivity index (χ3n) is 1.46. The van der Waals surface area contributed by atoms with E-state index in [1.807, 2.05) is 0 Å². The summed E-state index contributed by atoms with van der Waals surface area (Å²) in [5.41, 5.74) is 1.18. The van der Waals surface area contributed by atoms with Gasteiger partial charge in [-0.15, -0.1) is 0 Å². The van der Waals surface area contributed by atoms with Crippen molar-refractivity contribution in [1.82, 2.24) is 4.98 Å². The zero-order chi connectivity index (χ0) is 7.84. The van der Waals surface area contributed by atoms with E-state index in [9.17, 15) is 0 Å². The van der Waals surface area contributed by atoms with E-state index in [1.54, 1.807) is 0 Å². The van der Waals surface area contributed by atoms with Crippen LogP contribution in [0.1, 0.15) is 4.57 Å². The summed E-state index contributed by atoms with van der Waals surface area (Å²) >= 11 is 2.84. The van der Waals surface area contributed by atoms with Crippen LogP contribution in [0.5, 0.6) is 0 Å². The molecule has 0 atom stereocenters. The van der Waals surface area contributed by atoms with Crippen LogP contribution >= 0.6 is 22.6 Å². The van der Waals surface area contributed by atoms with Gasteiger partial charge < -0.3 is 0 Å². The van der Waals surface area contributed by atoms with E-state index >= 15 is 0 Å². The summed E-state index contributed by atoms with van der Waals surface area (Å²) < 4.78 is 4.03. The number of fused-ring (bicyclic) bond motifs is 1. The molecule has 1 nitrogen and oxygen atoms in total. The van der Waals surface area contributed by atoms with Crippen molar-refractivity contribution in [3.63, 3.8) is 0 Å². The molecule has 0 bridgehead atoms. The summed E-state index contributed by atoms with van der Waals surface area (Å²) in [6, 6.07) is 6.45. The summed E-state index contributed by atoms with van der Waals surface area (Å²) in [6.07, 6.45) is 0. The van der Waals surface area contributed by atoms with E-state index in [1.165, 1.54) is 17.9 Å². The zero-order valence-electron chi connectivity index (χ0n) is 5.97. The van der Waals surface area contributed by atoms with Crippen molar-refractivity contribution in [2.45, 2.75) is 6.92 Å². The molecule has 1 aromatic carbocycles. The molecule has 0 aliphatic rings. The summed E-state index contributed by atoms with van der Waals surface area (Å²) in [6.45, 7) is 2.10. The standard InChI is InChI=1S/C8H6INSe/c1-5-10-7-3-2-6(9)4-8(7)11-5/h2-4H,1H3. The number of hydrogen-bond donors (Lipinski definition) is 0. The molecule has 0 saturated heterocycles. The van der Waals surface area contributed by atoms with Crippen molar-refractivity contribution in [3.8, 4) is 0 Å². The quantitative estimate of drug-likeness (QED) is 0.535. The van der Waals surface area contributed by atoms with Gasteiger partial charge >= 0.3 is 85.1 Å². The van der Waals surface area contributed by atoms with E-state index in [2.05, 4.69) is 52.7 Å². The molecule has 0 unspecified atom stereocenters. The van der Waals surface area contributed by atoms with Crippen LogP contribution in [0.4, 0.5) is 0 Å². The van der Waals surface area contributed by atoms with Gasteiger partial charge in [-0.25, -0.2) is 0 Å². The maximum atomic E-state index is 4.43. The predicted octanol–water partition coefficient (Wildman–Crippen LogP) is 2.20. The molecule has 3 heteroatoms. The number of rotatable bonds is 0. The Morgan fingerprint density at radius 1 is 1.45 bits per heavy atom. The molecule has 2 rings (SSSR count). The first-order valence-electron chi connectivity index (χ1n) is 3.28. The SMILES string of the molecule is Cc1nc2ccc(I)cc2[se]1. The van der Waals surface area contributed by atoms with Gasteiger partial charge in [0.15, 0.2) is 0 Å². The second-order valence-corrected chi connectivity index (χ2v) is 6.18. The fourth-order valence-electron chi connectivity index (χ4n) is 1.01. The van der Waals surface area contributed by atoms with Crippen molar-refractivity contribution in [2.75, 3.05) is 0 Å². The van der Waals surface area contributed by atoms with Gasteiger partial charge in [0.05, 0.1) is 0 Å². The molecule has 1 heterocycles. The molecule has 0 aliphatic carbocycles. The monoisotopic (exact) mass is 323 g/mol. The number of hydrogen-bond acceptors (Lipinski definition) is 1. The number of aryl methyl sites for hydroxylation is 1. The Morgan fingerprint density at radius 2 is 2.27 bits per heavy atom. The third-order valence-corrected chi connectivity index (χ3v) is 4.09. The van der Waals surface area contributed by atoms with Gasteiger partial charge in [0.2, 0.25) is 0 Å². The van der Waals surface area contributed by atoms with Gasteiger partial charge in [0.1, 0.15) is 0 Å². The Hall–Kier alpha value is 0.139. The van der Waals surface area contributed by atoms with E-state index in [-0.39, 0.29) is 0 Å². The fraction of sp³-hybridized carbons (Fsp3) is 0.125. The Labute approximate surface area is 84.7 Å². The van der Waals surface area contributed by atoms with Gasteiger partial charge in [0.25, 0.3) is 0 Å². The summed E-state index contributed by atoms with van der Waals surface area (Å²) in [5.74, 6) is 0. The molecule has 56 valence electrons. The van der Waals surface area contributed by atoms with E-state index in [4.69, 9.17) is 0 Å². The van der Waals surface area contributed by atoms with E-state index in [0.717, 1.165) is 0 Å². The number of halogens is 1. The minimum absolute atomic E-state index is 0.497. The fourth-order valence-corrected chi connectivity index (χ4v) is 3.80. The van der Waals surface area contributed by atoms with Gasteiger partial charge in [-0.3, -0.25) is 0 Å². The first kappa shape index (κ1) is 7.77. The zero-order valence-corrected chi connectivity index (χ0v) is 9.84. The summed E-state index contributed by atoms with van der Waals surface area (Å²) in [4.78, 5) is 4.43. The molecule has 0 amide bonds. The van der Waals surface area contributed by atoms with Crippen LogP contribution in [0.2, 0.25) is 0 Å². The molecule has 2 aromatic rings. The van der Waals surface area contributed by atoms with Crippen molar-refractivity contribution in [1.29, 1.82) is 0 Å². The Balaban J connectivity index is 2.82. The van der Waals surface area contributed by atoms with Gasteiger partial charge in [-0.2, -0.15) is 0 Å². The molecule has 0 aliphatic heterocycles. The molecule has 0 radical (unpaired) electrons. The minimum atomic E-state index is 0.497. The molecule has 0 N–H and O–H groups in total. The van der Waals surface area contributed by atoms with Gasteiger partial charge in [-0.05, 0) is 0 Å².